The third kappa shape index (κ3) is 5.95. The molecule has 9 heteroatoms. The van der Waals surface area contributed by atoms with Crippen molar-refractivity contribution in [1.29, 1.82) is 0 Å². The number of likely N-dealkylation sites (tertiary alicyclic amines) is 1. The fourth-order valence-electron chi connectivity index (χ4n) is 3.29. The van der Waals surface area contributed by atoms with Crippen molar-refractivity contribution in [3.05, 3.63) is 58.1 Å². The second kappa shape index (κ2) is 9.93. The van der Waals surface area contributed by atoms with E-state index in [2.05, 4.69) is 10.6 Å². The maximum absolute atomic E-state index is 12.5. The second-order valence-electron chi connectivity index (χ2n) is 7.16. The van der Waals surface area contributed by atoms with Crippen LogP contribution in [0.25, 0.3) is 0 Å². The lowest BCUT2D eigenvalue weighted by molar-refractivity contribution is -0.121. The zero-order valence-corrected chi connectivity index (χ0v) is 17.7. The molecule has 0 spiro atoms. The van der Waals surface area contributed by atoms with E-state index in [0.717, 1.165) is 0 Å². The van der Waals surface area contributed by atoms with Gasteiger partial charge in [0.1, 0.15) is 0 Å². The van der Waals surface area contributed by atoms with Gasteiger partial charge in [0.2, 0.25) is 17.7 Å². The van der Waals surface area contributed by atoms with E-state index in [1.807, 2.05) is 4.90 Å². The van der Waals surface area contributed by atoms with Crippen molar-refractivity contribution in [2.45, 2.75) is 12.8 Å². The number of carbonyl (C=O) groups is 3. The monoisotopic (exact) mass is 448 g/mol. The van der Waals surface area contributed by atoms with Gasteiger partial charge in [0.15, 0.2) is 0 Å². The summed E-state index contributed by atoms with van der Waals surface area (Å²) in [4.78, 5) is 37.9. The molecule has 0 aliphatic carbocycles. The average Bonchev–Trinajstić information content (AvgIpc) is 2.71. The van der Waals surface area contributed by atoms with Gasteiger partial charge in [-0.1, -0.05) is 23.2 Å². The molecule has 2 aromatic rings. The van der Waals surface area contributed by atoms with E-state index >= 15 is 0 Å². The number of nitrogens with one attached hydrogen (secondary N) is 2. The number of piperidine rings is 1. The number of halogens is 2. The second-order valence-corrected chi connectivity index (χ2v) is 7.97. The van der Waals surface area contributed by atoms with Crippen LogP contribution >= 0.6 is 23.2 Å². The number of primary amides is 1. The predicted octanol–water partition coefficient (Wildman–Crippen LogP) is 3.38. The molecule has 2 aromatic carbocycles. The summed E-state index contributed by atoms with van der Waals surface area (Å²) < 4.78 is 0. The fourth-order valence-corrected chi connectivity index (χ4v) is 3.59. The SMILES string of the molecule is NC(=O)c1ccc(NC(=O)C2CCN(CC(=O)Nc3ccc(Cl)c(Cl)c3)CC2)cc1. The predicted molar refractivity (Wildman–Crippen MR) is 118 cm³/mol. The number of nitrogens with zero attached hydrogens (tertiary/aromatic N) is 1. The maximum Gasteiger partial charge on any atom is 0.248 e. The highest BCUT2D eigenvalue weighted by Crippen LogP contribution is 2.25. The van der Waals surface area contributed by atoms with Gasteiger partial charge >= 0.3 is 0 Å². The molecule has 158 valence electrons. The van der Waals surface area contributed by atoms with E-state index < -0.39 is 5.91 Å². The van der Waals surface area contributed by atoms with Crippen molar-refractivity contribution in [2.24, 2.45) is 11.7 Å². The smallest absolute Gasteiger partial charge is 0.248 e. The van der Waals surface area contributed by atoms with E-state index in [0.29, 0.717) is 52.9 Å². The van der Waals surface area contributed by atoms with Gasteiger partial charge < -0.3 is 16.4 Å². The van der Waals surface area contributed by atoms with E-state index in [4.69, 9.17) is 28.9 Å². The van der Waals surface area contributed by atoms with Gasteiger partial charge in [-0.25, -0.2) is 0 Å². The Morgan fingerprint density at radius 2 is 1.57 bits per heavy atom. The minimum absolute atomic E-state index is 0.0678. The fraction of sp³-hybridized carbons (Fsp3) is 0.286. The molecular weight excluding hydrogens is 427 g/mol. The molecular formula is C21H22Cl2N4O3. The van der Waals surface area contributed by atoms with Crippen LogP contribution < -0.4 is 16.4 Å². The highest BCUT2D eigenvalue weighted by Gasteiger charge is 2.26. The molecule has 3 amide bonds. The van der Waals surface area contributed by atoms with Gasteiger partial charge in [0.25, 0.3) is 0 Å². The summed E-state index contributed by atoms with van der Waals surface area (Å²) in [7, 11) is 0. The lowest BCUT2D eigenvalue weighted by Crippen LogP contribution is -2.41. The molecule has 0 saturated carbocycles. The zero-order chi connectivity index (χ0) is 21.7. The van der Waals surface area contributed by atoms with E-state index in [1.54, 1.807) is 42.5 Å². The molecule has 1 aliphatic rings. The average molecular weight is 449 g/mol. The number of nitrogens with two attached hydrogens (primary N) is 1. The van der Waals surface area contributed by atoms with Gasteiger partial charge in [-0.2, -0.15) is 0 Å². The Balaban J connectivity index is 1.44. The molecule has 0 bridgehead atoms. The summed E-state index contributed by atoms with van der Waals surface area (Å²) >= 11 is 11.8. The summed E-state index contributed by atoms with van der Waals surface area (Å²) in [5, 5.41) is 6.47. The Kier molecular flexibility index (Phi) is 7.31. The van der Waals surface area contributed by atoms with Crippen LogP contribution in [-0.2, 0) is 9.59 Å². The molecule has 0 radical (unpaired) electrons. The summed E-state index contributed by atoms with van der Waals surface area (Å²) in [5.41, 5.74) is 6.81. The third-order valence-electron chi connectivity index (χ3n) is 4.97. The summed E-state index contributed by atoms with van der Waals surface area (Å²) in [6.07, 6.45) is 1.32. The summed E-state index contributed by atoms with van der Waals surface area (Å²) in [6, 6.07) is 11.4. The van der Waals surface area contributed by atoms with Gasteiger partial charge in [-0.15, -0.1) is 0 Å². The molecule has 0 unspecified atom stereocenters. The first-order chi connectivity index (χ1) is 14.3. The van der Waals surface area contributed by atoms with Crippen LogP contribution in [-0.4, -0.2) is 42.3 Å². The van der Waals surface area contributed by atoms with Crippen molar-refractivity contribution in [3.63, 3.8) is 0 Å². The lowest BCUT2D eigenvalue weighted by Gasteiger charge is -2.30. The minimum Gasteiger partial charge on any atom is -0.366 e. The quantitative estimate of drug-likeness (QED) is 0.629. The van der Waals surface area contributed by atoms with Gasteiger partial charge in [0.05, 0.1) is 16.6 Å². The zero-order valence-electron chi connectivity index (χ0n) is 16.2. The summed E-state index contributed by atoms with van der Waals surface area (Å²) in [6.45, 7) is 1.53. The molecule has 3 rings (SSSR count). The van der Waals surface area contributed by atoms with Gasteiger partial charge in [-0.3, -0.25) is 19.3 Å². The van der Waals surface area contributed by atoms with Gasteiger partial charge in [0, 0.05) is 22.9 Å². The maximum atomic E-state index is 12.5. The van der Waals surface area contributed by atoms with Crippen LogP contribution in [0.2, 0.25) is 10.0 Å². The summed E-state index contributed by atoms with van der Waals surface area (Å²) in [5.74, 6) is -0.855. The molecule has 0 aromatic heterocycles. The van der Waals surface area contributed by atoms with Crippen molar-refractivity contribution < 1.29 is 14.4 Å². The standard InChI is InChI=1S/C21H22Cl2N4O3/c22-17-6-5-16(11-18(17)23)25-19(28)12-27-9-7-14(8-10-27)21(30)26-15-3-1-13(2-4-15)20(24)29/h1-6,11,14H,7-10,12H2,(H2,24,29)(H,25,28)(H,26,30). The van der Waals surface area contributed by atoms with Crippen molar-refractivity contribution >= 4 is 52.3 Å². The van der Waals surface area contributed by atoms with Gasteiger partial charge in [-0.05, 0) is 68.4 Å². The first-order valence-electron chi connectivity index (χ1n) is 9.50. The molecule has 4 N–H and O–H groups in total. The van der Waals surface area contributed by atoms with Crippen molar-refractivity contribution in [1.82, 2.24) is 4.90 Å². The molecule has 7 nitrogen and oxygen atoms in total. The Bertz CT molecular complexity index is 942. The molecule has 1 fully saturated rings. The Morgan fingerprint density at radius 1 is 0.933 bits per heavy atom. The third-order valence-corrected chi connectivity index (χ3v) is 5.70. The Labute approximate surface area is 184 Å². The topological polar surface area (TPSA) is 105 Å². The number of rotatable bonds is 6. The van der Waals surface area contributed by atoms with E-state index in [1.165, 1.54) is 0 Å². The first-order valence-corrected chi connectivity index (χ1v) is 10.3. The molecule has 1 saturated heterocycles. The van der Waals surface area contributed by atoms with Crippen LogP contribution in [0.3, 0.4) is 0 Å². The Morgan fingerprint density at radius 3 is 2.17 bits per heavy atom. The minimum atomic E-state index is -0.511. The van der Waals surface area contributed by atoms with Crippen LogP contribution in [0.4, 0.5) is 11.4 Å². The molecule has 30 heavy (non-hydrogen) atoms. The molecule has 0 atom stereocenters. The van der Waals surface area contributed by atoms with E-state index in [-0.39, 0.29) is 24.3 Å². The highest BCUT2D eigenvalue weighted by molar-refractivity contribution is 6.42. The van der Waals surface area contributed by atoms with E-state index in [9.17, 15) is 14.4 Å². The van der Waals surface area contributed by atoms with Crippen LogP contribution in [0.15, 0.2) is 42.5 Å². The number of hydrogen-bond acceptors (Lipinski definition) is 4. The number of benzene rings is 2. The molecule has 1 aliphatic heterocycles. The highest BCUT2D eigenvalue weighted by atomic mass is 35.5. The van der Waals surface area contributed by atoms with Crippen molar-refractivity contribution in [2.75, 3.05) is 30.3 Å². The number of carbonyl (C=O) groups excluding carboxylic acids is 3. The number of amides is 3. The number of hydrogen-bond donors (Lipinski definition) is 3. The first kappa shape index (κ1) is 22.1. The van der Waals surface area contributed by atoms with Crippen LogP contribution in [0.1, 0.15) is 23.2 Å². The lowest BCUT2D eigenvalue weighted by atomic mass is 9.95. The van der Waals surface area contributed by atoms with Crippen LogP contribution in [0.5, 0.6) is 0 Å². The molecule has 1 heterocycles. The Hall–Kier alpha value is -2.61. The van der Waals surface area contributed by atoms with Crippen LogP contribution in [0, 0.1) is 5.92 Å². The largest absolute Gasteiger partial charge is 0.366 e. The number of anilines is 2. The van der Waals surface area contributed by atoms with Crippen molar-refractivity contribution in [3.8, 4) is 0 Å². The normalized spacial score (nSPS) is 14.9.